The molecule has 0 radical (unpaired) electrons. The average Bonchev–Trinajstić information content (AvgIpc) is 3.91. The van der Waals surface area contributed by atoms with E-state index < -0.39 is 5.41 Å². The summed E-state index contributed by atoms with van der Waals surface area (Å²) < 4.78 is 0. The number of benzene rings is 10. The number of hydrogen-bond donors (Lipinski definition) is 0. The zero-order valence-electron chi connectivity index (χ0n) is 38.2. The molecule has 1 spiro atoms. The first kappa shape index (κ1) is 40.5. The fraction of sp³-hybridized carbons (Fsp3) is 0.0448. The number of fused-ring (bicyclic) bond motifs is 10. The van der Waals surface area contributed by atoms with Crippen molar-refractivity contribution in [3.63, 3.8) is 0 Å². The molecule has 13 rings (SSSR count). The largest absolute Gasteiger partial charge is 0.311 e. The van der Waals surface area contributed by atoms with Gasteiger partial charge in [0.1, 0.15) is 0 Å². The third-order valence-corrected chi connectivity index (χ3v) is 14.7. The molecular weight excluding hydrogens is 833 g/mol. The quantitative estimate of drug-likeness (QED) is 0.143. The molecule has 10 aromatic rings. The molecule has 69 heavy (non-hydrogen) atoms. The van der Waals surface area contributed by atoms with Crippen LogP contribution in [0.5, 0.6) is 0 Å². The fourth-order valence-electron chi connectivity index (χ4n) is 11.6. The van der Waals surface area contributed by atoms with Gasteiger partial charge >= 0.3 is 0 Å². The molecule has 0 saturated carbocycles. The van der Waals surface area contributed by atoms with E-state index in [1.165, 1.54) is 78.0 Å². The Hall–Kier alpha value is -8.72. The summed E-state index contributed by atoms with van der Waals surface area (Å²) in [5.74, 6) is 0.311. The van der Waals surface area contributed by atoms with Crippen molar-refractivity contribution in [2.24, 2.45) is 0 Å². The molecular formula is C67H48N2. The molecule has 2 nitrogen and oxygen atoms in total. The van der Waals surface area contributed by atoms with Gasteiger partial charge in [-0.1, -0.05) is 206 Å². The van der Waals surface area contributed by atoms with E-state index in [1.807, 2.05) is 0 Å². The Morgan fingerprint density at radius 2 is 0.739 bits per heavy atom. The first-order valence-electron chi connectivity index (χ1n) is 24.1. The molecule has 0 amide bonds. The summed E-state index contributed by atoms with van der Waals surface area (Å²) in [7, 11) is 0. The SMILES string of the molecule is C1=CCC2C(=C1)C1(c3ccccc3-c3cccc(N(c4ccc(-c5ccccc5)cc4)c4ccc(N(c5ccc(-c6ccccc6)cc5)c5ccc(-c6ccccc6)cc5)cc4)c31)c1ccccc12. The van der Waals surface area contributed by atoms with Crippen molar-refractivity contribution < 1.29 is 0 Å². The molecule has 0 aromatic heterocycles. The predicted molar refractivity (Wildman–Crippen MR) is 288 cm³/mol. The van der Waals surface area contributed by atoms with Crippen LogP contribution in [-0.4, -0.2) is 0 Å². The highest BCUT2D eigenvalue weighted by atomic mass is 15.2. The van der Waals surface area contributed by atoms with Crippen molar-refractivity contribution in [2.45, 2.75) is 17.8 Å². The second-order valence-electron chi connectivity index (χ2n) is 18.3. The van der Waals surface area contributed by atoms with Gasteiger partial charge in [-0.25, -0.2) is 0 Å². The molecule has 2 atom stereocenters. The highest BCUT2D eigenvalue weighted by Gasteiger charge is 2.56. The van der Waals surface area contributed by atoms with Gasteiger partial charge < -0.3 is 9.80 Å². The van der Waals surface area contributed by atoms with Gasteiger partial charge in [0.25, 0.3) is 0 Å². The Kier molecular flexibility index (Phi) is 9.91. The van der Waals surface area contributed by atoms with Crippen molar-refractivity contribution >= 4 is 34.1 Å². The van der Waals surface area contributed by atoms with Crippen LogP contribution in [-0.2, 0) is 5.41 Å². The van der Waals surface area contributed by atoms with Gasteiger partial charge in [-0.15, -0.1) is 0 Å². The Balaban J connectivity index is 0.985. The Morgan fingerprint density at radius 3 is 1.26 bits per heavy atom. The molecule has 0 aliphatic heterocycles. The molecule has 0 heterocycles. The minimum Gasteiger partial charge on any atom is -0.311 e. The summed E-state index contributed by atoms with van der Waals surface area (Å²) in [5.41, 5.74) is 23.0. The second-order valence-corrected chi connectivity index (χ2v) is 18.3. The number of anilines is 6. The van der Waals surface area contributed by atoms with Crippen LogP contribution < -0.4 is 9.80 Å². The van der Waals surface area contributed by atoms with Gasteiger partial charge in [0.15, 0.2) is 0 Å². The summed E-state index contributed by atoms with van der Waals surface area (Å²) in [6, 6.07) is 93.5. The second kappa shape index (κ2) is 16.9. The Morgan fingerprint density at radius 1 is 0.333 bits per heavy atom. The van der Waals surface area contributed by atoms with Crippen LogP contribution in [0.4, 0.5) is 34.1 Å². The number of hydrogen-bond acceptors (Lipinski definition) is 2. The van der Waals surface area contributed by atoms with E-state index in [1.54, 1.807) is 0 Å². The smallest absolute Gasteiger partial charge is 0.0706 e. The lowest BCUT2D eigenvalue weighted by molar-refractivity contribution is 0.708. The highest BCUT2D eigenvalue weighted by molar-refractivity contribution is 5.96. The van der Waals surface area contributed by atoms with Gasteiger partial charge in [-0.05, 0) is 140 Å². The van der Waals surface area contributed by atoms with E-state index in [0.717, 1.165) is 34.9 Å². The monoisotopic (exact) mass is 880 g/mol. The standard InChI is InChI=1S/C67H48N2/c1-4-17-47(18-5-1)50-31-37-53(38-32-50)68(54-39-33-51(34-40-54)48-19-6-2-7-20-48)55-43-45-57(46-44-55)69(56-41-35-52(36-42-56)49-21-8-3-9-22-49)65-30-16-26-61-60-25-12-15-29-64(60)67(66(61)65)62-27-13-10-23-58(62)59-24-11-14-28-63(59)67/h1-23,25-46,59H,24H2. The van der Waals surface area contributed by atoms with Crippen LogP contribution >= 0.6 is 0 Å². The molecule has 10 aromatic carbocycles. The molecule has 0 fully saturated rings. The van der Waals surface area contributed by atoms with Crippen molar-refractivity contribution in [1.82, 2.24) is 0 Å². The third-order valence-electron chi connectivity index (χ3n) is 14.7. The van der Waals surface area contributed by atoms with Crippen LogP contribution in [0.1, 0.15) is 34.6 Å². The molecule has 0 N–H and O–H groups in total. The zero-order chi connectivity index (χ0) is 45.7. The minimum absolute atomic E-state index is 0.311. The number of rotatable bonds is 9. The molecule has 2 unspecified atom stereocenters. The third kappa shape index (κ3) is 6.71. The molecule has 2 heteroatoms. The van der Waals surface area contributed by atoms with Crippen LogP contribution in [0.2, 0.25) is 0 Å². The van der Waals surface area contributed by atoms with Gasteiger partial charge in [0, 0.05) is 39.9 Å². The summed E-state index contributed by atoms with van der Waals surface area (Å²) in [6.45, 7) is 0. The number of allylic oxidation sites excluding steroid dienone is 4. The Labute approximate surface area is 405 Å². The van der Waals surface area contributed by atoms with Crippen molar-refractivity contribution in [2.75, 3.05) is 9.80 Å². The molecule has 326 valence electrons. The van der Waals surface area contributed by atoms with Crippen LogP contribution in [0.15, 0.2) is 279 Å². The van der Waals surface area contributed by atoms with Crippen LogP contribution in [0, 0.1) is 0 Å². The minimum atomic E-state index is -0.453. The van der Waals surface area contributed by atoms with E-state index in [4.69, 9.17) is 0 Å². The average molecular weight is 881 g/mol. The molecule has 0 saturated heterocycles. The summed E-state index contributed by atoms with van der Waals surface area (Å²) >= 11 is 0. The maximum Gasteiger partial charge on any atom is 0.0706 e. The lowest BCUT2D eigenvalue weighted by Gasteiger charge is -2.37. The van der Waals surface area contributed by atoms with Crippen molar-refractivity contribution in [3.8, 4) is 44.5 Å². The van der Waals surface area contributed by atoms with Gasteiger partial charge in [0.2, 0.25) is 0 Å². The summed E-state index contributed by atoms with van der Waals surface area (Å²) in [4.78, 5) is 4.88. The van der Waals surface area contributed by atoms with Crippen LogP contribution in [0.3, 0.4) is 0 Å². The van der Waals surface area contributed by atoms with Gasteiger partial charge in [0.05, 0.1) is 11.1 Å². The van der Waals surface area contributed by atoms with Crippen molar-refractivity contribution in [1.29, 1.82) is 0 Å². The molecule has 3 aliphatic carbocycles. The molecule has 3 aliphatic rings. The topological polar surface area (TPSA) is 6.48 Å². The lowest BCUT2D eigenvalue weighted by atomic mass is 9.68. The van der Waals surface area contributed by atoms with Crippen LogP contribution in [0.25, 0.3) is 44.5 Å². The van der Waals surface area contributed by atoms with E-state index in [-0.39, 0.29) is 0 Å². The number of nitrogens with zero attached hydrogens (tertiary/aromatic N) is 2. The Bertz CT molecular complexity index is 3460. The highest BCUT2D eigenvalue weighted by Crippen LogP contribution is 2.67. The predicted octanol–water partition coefficient (Wildman–Crippen LogP) is 17.9. The first-order valence-corrected chi connectivity index (χ1v) is 24.1. The van der Waals surface area contributed by atoms with E-state index in [9.17, 15) is 0 Å². The van der Waals surface area contributed by atoms with Gasteiger partial charge in [-0.3, -0.25) is 0 Å². The molecule has 0 bridgehead atoms. The maximum absolute atomic E-state index is 2.51. The first-order chi connectivity index (χ1) is 34.2. The zero-order valence-corrected chi connectivity index (χ0v) is 38.2. The van der Waals surface area contributed by atoms with Gasteiger partial charge in [-0.2, -0.15) is 0 Å². The van der Waals surface area contributed by atoms with E-state index in [2.05, 4.69) is 283 Å². The van der Waals surface area contributed by atoms with Crippen molar-refractivity contribution in [3.05, 3.63) is 301 Å². The maximum atomic E-state index is 2.51. The van der Waals surface area contributed by atoms with E-state index in [0.29, 0.717) is 5.92 Å². The normalized spacial score (nSPS) is 16.0. The summed E-state index contributed by atoms with van der Waals surface area (Å²) in [6.07, 6.45) is 8.06. The van der Waals surface area contributed by atoms with E-state index >= 15 is 0 Å². The lowest BCUT2D eigenvalue weighted by Crippen LogP contribution is -2.29. The summed E-state index contributed by atoms with van der Waals surface area (Å²) in [5, 5.41) is 0. The fourth-order valence-corrected chi connectivity index (χ4v) is 11.6.